The standard InChI is InChI=1S/C51H36N4/c1-3-28-20-38(28)46-32(27-53)25-44-47(34(46)4-2)40-22-30(36-17-11-19-43-48(36)37-15-8-9-18-42(37)54(43)33-13-6-5-7-14-33)23-41-50-45(55(44)51(40)41)24-31(26-52)39-21-29-12-10-16-35(29)49(39)50/h4-9,11,13-15,17-19,21-25,28,35,38H,2-3,10,12,16,20H2,1H3. The molecule has 4 heteroatoms. The highest BCUT2D eigenvalue weighted by atomic mass is 15.0. The smallest absolute Gasteiger partial charge is 0.0998 e. The molecule has 55 heavy (non-hydrogen) atoms. The Morgan fingerprint density at radius 2 is 1.51 bits per heavy atom. The van der Waals surface area contributed by atoms with E-state index in [0.717, 1.165) is 75.6 Å². The number of fused-ring (bicyclic) bond motifs is 13. The first kappa shape index (κ1) is 30.8. The molecule has 0 amide bonds. The quantitative estimate of drug-likeness (QED) is 0.179. The summed E-state index contributed by atoms with van der Waals surface area (Å²) in [5.41, 5.74) is 16.7. The van der Waals surface area contributed by atoms with E-state index in [-0.39, 0.29) is 0 Å². The lowest BCUT2D eigenvalue weighted by Crippen LogP contribution is -1.98. The Balaban J connectivity index is 1.27. The van der Waals surface area contributed by atoms with Crippen molar-refractivity contribution in [3.8, 4) is 29.0 Å². The van der Waals surface area contributed by atoms with Crippen molar-refractivity contribution in [1.29, 1.82) is 10.5 Å². The van der Waals surface area contributed by atoms with Gasteiger partial charge in [0.25, 0.3) is 0 Å². The number of nitriles is 2. The minimum atomic E-state index is 0.338. The van der Waals surface area contributed by atoms with Crippen LogP contribution in [0.5, 0.6) is 0 Å². The Kier molecular flexibility index (Phi) is 6.14. The van der Waals surface area contributed by atoms with Gasteiger partial charge in [0.1, 0.15) is 0 Å². The molecule has 2 fully saturated rings. The molecule has 6 aromatic carbocycles. The highest BCUT2D eigenvalue weighted by Gasteiger charge is 2.41. The molecule has 0 radical (unpaired) electrons. The molecule has 3 unspecified atom stereocenters. The van der Waals surface area contributed by atoms with E-state index in [2.05, 4.69) is 138 Å². The summed E-state index contributed by atoms with van der Waals surface area (Å²) in [5, 5.41) is 28.6. The minimum Gasteiger partial charge on any atom is -0.309 e. The highest BCUT2D eigenvalue weighted by Crippen LogP contribution is 2.56. The molecule has 3 heterocycles. The summed E-state index contributed by atoms with van der Waals surface area (Å²) in [4.78, 5) is 0. The van der Waals surface area contributed by atoms with Gasteiger partial charge in [-0.2, -0.15) is 10.5 Å². The van der Waals surface area contributed by atoms with Crippen LogP contribution in [0.2, 0.25) is 0 Å². The molecule has 4 nitrogen and oxygen atoms in total. The number of aromatic nitrogens is 2. The van der Waals surface area contributed by atoms with Crippen molar-refractivity contribution < 1.29 is 0 Å². The van der Waals surface area contributed by atoms with Crippen molar-refractivity contribution in [3.05, 3.63) is 143 Å². The lowest BCUT2D eigenvalue weighted by Gasteiger charge is -2.15. The van der Waals surface area contributed by atoms with E-state index in [4.69, 9.17) is 0 Å². The first-order valence-corrected chi connectivity index (χ1v) is 19.7. The van der Waals surface area contributed by atoms with Crippen molar-refractivity contribution in [2.75, 3.05) is 0 Å². The van der Waals surface area contributed by atoms with Gasteiger partial charge in [-0.1, -0.05) is 86.2 Å². The average molecular weight is 705 g/mol. The molecule has 3 atom stereocenters. The second-order valence-corrected chi connectivity index (χ2v) is 16.0. The zero-order chi connectivity index (χ0) is 36.7. The fraction of sp³-hybridized carbons (Fsp3) is 0.176. The number of benzene rings is 6. The maximum atomic E-state index is 10.7. The van der Waals surface area contributed by atoms with Crippen LogP contribution in [0.25, 0.3) is 88.9 Å². The topological polar surface area (TPSA) is 56.9 Å². The van der Waals surface area contributed by atoms with E-state index < -0.39 is 0 Å². The monoisotopic (exact) mass is 704 g/mol. The molecule has 0 aliphatic heterocycles. The number of allylic oxidation sites excluding steroid dienone is 1. The summed E-state index contributed by atoms with van der Waals surface area (Å²) < 4.78 is 4.78. The molecule has 0 bridgehead atoms. The summed E-state index contributed by atoms with van der Waals surface area (Å²) in [6, 6.07) is 40.5. The fourth-order valence-corrected chi connectivity index (χ4v) is 11.1. The molecule has 0 saturated heterocycles. The second kappa shape index (κ2) is 11.0. The van der Waals surface area contributed by atoms with Crippen molar-refractivity contribution >= 4 is 72.1 Å². The average Bonchev–Trinajstić information content (AvgIpc) is 3.59. The SMILES string of the molecule is C=Cc1c(C2CC2CC)c(C#N)cc2c1c1cc(-c3cccc4c3c3ccccc3n4-c3ccccc3)cc3c4c5c(c(C#N)cc4n2c13)C=C1CCCC15. The number of nitrogens with zero attached hydrogens (tertiary/aromatic N) is 4. The van der Waals surface area contributed by atoms with Crippen LogP contribution in [0, 0.1) is 28.6 Å². The van der Waals surface area contributed by atoms with Gasteiger partial charge in [0.2, 0.25) is 0 Å². The van der Waals surface area contributed by atoms with E-state index in [1.807, 2.05) is 6.08 Å². The molecule has 260 valence electrons. The molecule has 3 aliphatic rings. The largest absolute Gasteiger partial charge is 0.309 e. The van der Waals surface area contributed by atoms with E-state index >= 15 is 0 Å². The van der Waals surface area contributed by atoms with E-state index in [0.29, 0.717) is 17.8 Å². The predicted molar refractivity (Wildman–Crippen MR) is 226 cm³/mol. The number of rotatable bonds is 5. The van der Waals surface area contributed by atoms with Crippen LogP contribution in [-0.2, 0) is 0 Å². The molecule has 12 rings (SSSR count). The van der Waals surface area contributed by atoms with E-state index in [1.54, 1.807) is 0 Å². The molecule has 0 N–H and O–H groups in total. The number of hydrogen-bond acceptors (Lipinski definition) is 2. The van der Waals surface area contributed by atoms with E-state index in [1.165, 1.54) is 72.2 Å². The van der Waals surface area contributed by atoms with Gasteiger partial charge in [-0.15, -0.1) is 0 Å². The summed E-state index contributed by atoms with van der Waals surface area (Å²) in [5.74, 6) is 1.29. The fourth-order valence-electron chi connectivity index (χ4n) is 11.1. The third-order valence-electron chi connectivity index (χ3n) is 13.5. The third kappa shape index (κ3) is 3.89. The summed E-state index contributed by atoms with van der Waals surface area (Å²) in [7, 11) is 0. The second-order valence-electron chi connectivity index (χ2n) is 16.0. The Bertz CT molecular complexity index is 3300. The van der Waals surface area contributed by atoms with Crippen LogP contribution in [0.4, 0.5) is 0 Å². The van der Waals surface area contributed by atoms with Gasteiger partial charge in [-0.3, -0.25) is 0 Å². The molecular formula is C51H36N4. The van der Waals surface area contributed by atoms with Gasteiger partial charge < -0.3 is 8.97 Å². The van der Waals surface area contributed by atoms with Gasteiger partial charge in [0, 0.05) is 43.9 Å². The molecule has 3 aliphatic carbocycles. The molecule has 3 aromatic heterocycles. The van der Waals surface area contributed by atoms with Crippen LogP contribution in [0.1, 0.15) is 84.2 Å². The van der Waals surface area contributed by atoms with Gasteiger partial charge in [-0.25, -0.2) is 0 Å². The van der Waals surface area contributed by atoms with Crippen molar-refractivity contribution in [3.63, 3.8) is 0 Å². The van der Waals surface area contributed by atoms with Gasteiger partial charge in [0.15, 0.2) is 0 Å². The Morgan fingerprint density at radius 3 is 2.29 bits per heavy atom. The lowest BCUT2D eigenvalue weighted by atomic mass is 9.88. The Morgan fingerprint density at radius 1 is 0.764 bits per heavy atom. The van der Waals surface area contributed by atoms with Crippen molar-refractivity contribution in [2.45, 2.75) is 50.9 Å². The third-order valence-corrected chi connectivity index (χ3v) is 13.5. The van der Waals surface area contributed by atoms with Crippen molar-refractivity contribution in [1.82, 2.24) is 8.97 Å². The van der Waals surface area contributed by atoms with Crippen molar-refractivity contribution in [2.24, 2.45) is 5.92 Å². The first-order valence-electron chi connectivity index (χ1n) is 19.7. The van der Waals surface area contributed by atoms with Crippen LogP contribution in [0.3, 0.4) is 0 Å². The number of para-hydroxylation sites is 2. The van der Waals surface area contributed by atoms with Crippen LogP contribution < -0.4 is 0 Å². The zero-order valence-electron chi connectivity index (χ0n) is 30.7. The highest BCUT2D eigenvalue weighted by molar-refractivity contribution is 6.28. The van der Waals surface area contributed by atoms with Crippen LogP contribution in [0.15, 0.2) is 109 Å². The Labute approximate surface area is 318 Å². The van der Waals surface area contributed by atoms with Crippen LogP contribution >= 0.6 is 0 Å². The van der Waals surface area contributed by atoms with Gasteiger partial charge >= 0.3 is 0 Å². The summed E-state index contributed by atoms with van der Waals surface area (Å²) in [6.07, 6.45) is 9.93. The first-order chi connectivity index (χ1) is 27.1. The maximum absolute atomic E-state index is 10.7. The summed E-state index contributed by atoms with van der Waals surface area (Å²) in [6.45, 7) is 6.66. The van der Waals surface area contributed by atoms with Gasteiger partial charge in [-0.05, 0) is 119 Å². The number of hydrogen-bond donors (Lipinski definition) is 0. The minimum absolute atomic E-state index is 0.338. The molecular weight excluding hydrogens is 669 g/mol. The maximum Gasteiger partial charge on any atom is 0.0998 e. The van der Waals surface area contributed by atoms with Crippen LogP contribution in [-0.4, -0.2) is 8.97 Å². The normalized spacial score (nSPS) is 18.7. The summed E-state index contributed by atoms with van der Waals surface area (Å²) >= 11 is 0. The predicted octanol–water partition coefficient (Wildman–Crippen LogP) is 13.2. The van der Waals surface area contributed by atoms with Gasteiger partial charge in [0.05, 0.1) is 50.8 Å². The molecule has 2 saturated carbocycles. The van der Waals surface area contributed by atoms with E-state index in [9.17, 15) is 10.5 Å². The zero-order valence-corrected chi connectivity index (χ0v) is 30.7. The Hall–Kier alpha value is -6.62. The molecule has 9 aromatic rings. The lowest BCUT2D eigenvalue weighted by molar-refractivity contribution is 0.765. The molecule has 0 spiro atoms.